The number of cyclic esters (lactones) is 1. The van der Waals surface area contributed by atoms with E-state index in [1.165, 1.54) is 0 Å². The van der Waals surface area contributed by atoms with E-state index in [0.717, 1.165) is 5.56 Å². The fourth-order valence-corrected chi connectivity index (χ4v) is 1.52. The van der Waals surface area contributed by atoms with E-state index in [1.54, 1.807) is 0 Å². The maximum atomic E-state index is 11.4. The minimum absolute atomic E-state index is 0.0848. The molecule has 4 heteroatoms. The molecule has 0 bridgehead atoms. The monoisotopic (exact) mass is 205 g/mol. The number of nitrogens with one attached hydrogen (secondary N) is 1. The van der Waals surface area contributed by atoms with Crippen molar-refractivity contribution >= 4 is 11.9 Å². The highest BCUT2D eigenvalue weighted by atomic mass is 16.6. The first-order valence-corrected chi connectivity index (χ1v) is 4.75. The first-order valence-electron chi connectivity index (χ1n) is 4.75. The number of ketones is 1. The number of alkyl carbamates (subject to hydrolysis) is 1. The predicted molar refractivity (Wildman–Crippen MR) is 53.4 cm³/mol. The molecule has 2 rings (SSSR count). The van der Waals surface area contributed by atoms with E-state index >= 15 is 0 Å². The summed E-state index contributed by atoms with van der Waals surface area (Å²) >= 11 is 0. The largest absolute Gasteiger partial charge is 0.441 e. The van der Waals surface area contributed by atoms with Gasteiger partial charge in [0.2, 0.25) is 0 Å². The van der Waals surface area contributed by atoms with E-state index in [-0.39, 0.29) is 12.4 Å². The van der Waals surface area contributed by atoms with Crippen LogP contribution in [-0.4, -0.2) is 24.5 Å². The zero-order valence-electron chi connectivity index (χ0n) is 8.10. The molecule has 1 saturated heterocycles. The molecular weight excluding hydrogens is 194 g/mol. The number of Topliss-reactive ketones (excluding diaryl/α,β-unsaturated/α-hetero) is 1. The Kier molecular flexibility index (Phi) is 2.67. The summed E-state index contributed by atoms with van der Waals surface area (Å²) in [6.45, 7) is -0.122. The van der Waals surface area contributed by atoms with Gasteiger partial charge in [-0.05, 0) is 5.56 Å². The van der Waals surface area contributed by atoms with Crippen LogP contribution in [0.1, 0.15) is 5.56 Å². The third kappa shape index (κ3) is 2.34. The van der Waals surface area contributed by atoms with Crippen LogP contribution in [0.3, 0.4) is 0 Å². The number of carbonyl (C=O) groups excluding carboxylic acids is 2. The standard InChI is InChI=1S/C11H11NO3/c13-10-7-15-11(14)12-9(10)6-8-4-2-1-3-5-8/h1-5,9H,6-7H2,(H,12,14)/t9-/m0/s1. The average molecular weight is 205 g/mol. The fourth-order valence-electron chi connectivity index (χ4n) is 1.52. The second-order valence-electron chi connectivity index (χ2n) is 3.43. The Morgan fingerprint density at radius 1 is 1.27 bits per heavy atom. The summed E-state index contributed by atoms with van der Waals surface area (Å²) in [5, 5.41) is 2.50. The number of benzene rings is 1. The molecule has 1 atom stereocenters. The molecule has 1 aliphatic heterocycles. The van der Waals surface area contributed by atoms with Crippen molar-refractivity contribution in [2.24, 2.45) is 0 Å². The van der Waals surface area contributed by atoms with Gasteiger partial charge < -0.3 is 10.1 Å². The van der Waals surface area contributed by atoms with Crippen molar-refractivity contribution in [3.05, 3.63) is 35.9 Å². The van der Waals surface area contributed by atoms with Crippen molar-refractivity contribution in [3.63, 3.8) is 0 Å². The molecule has 1 aromatic rings. The number of ether oxygens (including phenoxy) is 1. The maximum Gasteiger partial charge on any atom is 0.408 e. The molecule has 4 nitrogen and oxygen atoms in total. The lowest BCUT2D eigenvalue weighted by Gasteiger charge is -2.21. The van der Waals surface area contributed by atoms with Gasteiger partial charge in [-0.2, -0.15) is 0 Å². The van der Waals surface area contributed by atoms with Crippen molar-refractivity contribution in [1.82, 2.24) is 5.32 Å². The molecule has 1 fully saturated rings. The van der Waals surface area contributed by atoms with Gasteiger partial charge in [-0.3, -0.25) is 4.79 Å². The molecule has 0 aliphatic carbocycles. The van der Waals surface area contributed by atoms with E-state index < -0.39 is 12.1 Å². The van der Waals surface area contributed by atoms with Crippen LogP contribution in [0, 0.1) is 0 Å². The van der Waals surface area contributed by atoms with Crippen LogP contribution in [0.15, 0.2) is 30.3 Å². The molecule has 1 heterocycles. The summed E-state index contributed by atoms with van der Waals surface area (Å²) in [6, 6.07) is 9.12. The Labute approximate surface area is 87.2 Å². The van der Waals surface area contributed by atoms with Crippen LogP contribution < -0.4 is 5.32 Å². The van der Waals surface area contributed by atoms with Crippen LogP contribution in [0.25, 0.3) is 0 Å². The first kappa shape index (κ1) is 9.71. The van der Waals surface area contributed by atoms with E-state index in [1.807, 2.05) is 30.3 Å². The molecule has 0 aromatic heterocycles. The van der Waals surface area contributed by atoms with Gasteiger partial charge >= 0.3 is 6.09 Å². The first-order chi connectivity index (χ1) is 7.25. The predicted octanol–water partition coefficient (Wildman–Crippen LogP) is 0.907. The molecule has 1 aliphatic rings. The molecule has 15 heavy (non-hydrogen) atoms. The third-order valence-electron chi connectivity index (χ3n) is 2.31. The van der Waals surface area contributed by atoms with Crippen molar-refractivity contribution in [2.45, 2.75) is 12.5 Å². The van der Waals surface area contributed by atoms with E-state index in [2.05, 4.69) is 10.1 Å². The summed E-state index contributed by atoms with van der Waals surface area (Å²) in [5.41, 5.74) is 1.03. The normalized spacial score (nSPS) is 20.7. The van der Waals surface area contributed by atoms with Gasteiger partial charge in [0.05, 0.1) is 6.04 Å². The van der Waals surface area contributed by atoms with Gasteiger partial charge in [-0.25, -0.2) is 4.79 Å². The summed E-state index contributed by atoms with van der Waals surface area (Å²) < 4.78 is 4.56. The van der Waals surface area contributed by atoms with Crippen LogP contribution >= 0.6 is 0 Å². The highest BCUT2D eigenvalue weighted by Gasteiger charge is 2.27. The SMILES string of the molecule is O=C1N[C@@H](Cc2ccccc2)C(=O)CO1. The second kappa shape index (κ2) is 4.13. The van der Waals surface area contributed by atoms with E-state index in [0.29, 0.717) is 6.42 Å². The molecule has 0 unspecified atom stereocenters. The van der Waals surface area contributed by atoms with E-state index in [9.17, 15) is 9.59 Å². The van der Waals surface area contributed by atoms with Gasteiger partial charge in [0.15, 0.2) is 12.4 Å². The number of rotatable bonds is 2. The number of hydrogen-bond acceptors (Lipinski definition) is 3. The Morgan fingerprint density at radius 3 is 2.73 bits per heavy atom. The maximum absolute atomic E-state index is 11.4. The topological polar surface area (TPSA) is 55.4 Å². The molecule has 0 spiro atoms. The lowest BCUT2D eigenvalue weighted by molar-refractivity contribution is -0.125. The van der Waals surface area contributed by atoms with Crippen molar-refractivity contribution in [3.8, 4) is 0 Å². The summed E-state index contributed by atoms with van der Waals surface area (Å²) in [6.07, 6.45) is 0.00457. The number of carbonyl (C=O) groups is 2. The highest BCUT2D eigenvalue weighted by Crippen LogP contribution is 2.07. The van der Waals surface area contributed by atoms with Gasteiger partial charge in [0.25, 0.3) is 0 Å². The van der Waals surface area contributed by atoms with Crippen molar-refractivity contribution in [2.75, 3.05) is 6.61 Å². The smallest absolute Gasteiger partial charge is 0.408 e. The van der Waals surface area contributed by atoms with Crippen LogP contribution in [-0.2, 0) is 16.0 Å². The van der Waals surface area contributed by atoms with Gasteiger partial charge in [0.1, 0.15) is 0 Å². The van der Waals surface area contributed by atoms with Crippen LogP contribution in [0.2, 0.25) is 0 Å². The molecule has 1 amide bonds. The second-order valence-corrected chi connectivity index (χ2v) is 3.43. The Balaban J connectivity index is 2.05. The van der Waals surface area contributed by atoms with Crippen LogP contribution in [0.4, 0.5) is 4.79 Å². The van der Waals surface area contributed by atoms with Gasteiger partial charge in [-0.1, -0.05) is 30.3 Å². The Morgan fingerprint density at radius 2 is 2.00 bits per heavy atom. The molecule has 1 N–H and O–H groups in total. The van der Waals surface area contributed by atoms with Crippen LogP contribution in [0.5, 0.6) is 0 Å². The lowest BCUT2D eigenvalue weighted by Crippen LogP contribution is -2.49. The molecular formula is C11H11NO3. The number of hydrogen-bond donors (Lipinski definition) is 1. The highest BCUT2D eigenvalue weighted by molar-refractivity contribution is 5.92. The molecule has 0 radical (unpaired) electrons. The lowest BCUT2D eigenvalue weighted by atomic mass is 10.0. The minimum Gasteiger partial charge on any atom is -0.441 e. The third-order valence-corrected chi connectivity index (χ3v) is 2.31. The summed E-state index contributed by atoms with van der Waals surface area (Å²) in [7, 11) is 0. The Hall–Kier alpha value is -1.84. The summed E-state index contributed by atoms with van der Waals surface area (Å²) in [4.78, 5) is 22.3. The summed E-state index contributed by atoms with van der Waals surface area (Å²) in [5.74, 6) is -0.0848. The van der Waals surface area contributed by atoms with Gasteiger partial charge in [-0.15, -0.1) is 0 Å². The fraction of sp³-hybridized carbons (Fsp3) is 0.273. The minimum atomic E-state index is -0.518. The Bertz CT molecular complexity index is 375. The van der Waals surface area contributed by atoms with Crippen molar-refractivity contribution in [1.29, 1.82) is 0 Å². The van der Waals surface area contributed by atoms with Gasteiger partial charge in [0, 0.05) is 6.42 Å². The zero-order valence-corrected chi connectivity index (χ0v) is 8.10. The zero-order chi connectivity index (χ0) is 10.7. The molecule has 1 aromatic carbocycles. The quantitative estimate of drug-likeness (QED) is 0.780. The molecule has 78 valence electrons. The van der Waals surface area contributed by atoms with Crippen molar-refractivity contribution < 1.29 is 14.3 Å². The molecule has 0 saturated carbocycles. The van der Waals surface area contributed by atoms with E-state index in [4.69, 9.17) is 0 Å². The number of amides is 1. The average Bonchev–Trinajstić information content (AvgIpc) is 2.25.